The maximum atomic E-state index is 13.5. The van der Waals surface area contributed by atoms with E-state index in [4.69, 9.17) is 4.89 Å². The van der Waals surface area contributed by atoms with Crippen molar-refractivity contribution in [3.05, 3.63) is 0 Å². The molecule has 1 N–H and O–H groups in total. The van der Waals surface area contributed by atoms with Gasteiger partial charge in [-0.1, -0.05) is 6.92 Å². The minimum Gasteiger partial charge on any atom is -0.324 e. The number of halogens is 20. The first-order chi connectivity index (χ1) is 15.2. The van der Waals surface area contributed by atoms with E-state index in [1.165, 1.54) is 0 Å². The van der Waals surface area contributed by atoms with Crippen LogP contribution in [0.25, 0.3) is 0 Å². The van der Waals surface area contributed by atoms with E-state index in [-0.39, 0.29) is 0 Å². The number of hydrogen-bond donors (Lipinski definition) is 1. The molecule has 0 fully saturated rings. The summed E-state index contributed by atoms with van der Waals surface area (Å²) in [5, 5.41) is 0. The minimum atomic E-state index is -9.10. The standard InChI is InChI=1S/C12H7F20O3P/c1-2-36(33,34)35-5(16,17)3(13)4(14,15)6(18,19)7(20,21)8(22,23)9(24,25)10(26,27)11(28,29)12(30,31)32/h3H,2H2,1H3,(H,33,34). The van der Waals surface area contributed by atoms with Crippen LogP contribution in [-0.4, -0.2) is 71.0 Å². The summed E-state index contributed by atoms with van der Waals surface area (Å²) in [5.41, 5.74) is 0. The Morgan fingerprint density at radius 3 is 1.17 bits per heavy atom. The monoisotopic (exact) mass is 610 g/mol. The fourth-order valence-electron chi connectivity index (χ4n) is 1.85. The number of rotatable bonds is 11. The highest BCUT2D eigenvalue weighted by molar-refractivity contribution is 7.52. The lowest BCUT2D eigenvalue weighted by Gasteiger charge is -2.43. The molecule has 0 bridgehead atoms. The summed E-state index contributed by atoms with van der Waals surface area (Å²) in [7, 11) is -5.94. The van der Waals surface area contributed by atoms with Gasteiger partial charge < -0.3 is 4.89 Å². The Balaban J connectivity index is 6.87. The Morgan fingerprint density at radius 2 is 0.889 bits per heavy atom. The molecule has 218 valence electrons. The molecular formula is C12H7F20O3P. The number of alkyl halides is 20. The van der Waals surface area contributed by atoms with E-state index in [0.717, 1.165) is 0 Å². The van der Waals surface area contributed by atoms with Gasteiger partial charge >= 0.3 is 61.3 Å². The van der Waals surface area contributed by atoms with Crippen LogP contribution in [0.15, 0.2) is 0 Å². The van der Waals surface area contributed by atoms with Crippen molar-refractivity contribution in [2.24, 2.45) is 0 Å². The molecule has 0 aromatic rings. The molecule has 0 spiro atoms. The summed E-state index contributed by atoms with van der Waals surface area (Å²) in [5.74, 6) is -61.3. The summed E-state index contributed by atoms with van der Waals surface area (Å²) < 4.78 is 274. The second-order valence-corrected chi connectivity index (χ2v) is 8.63. The summed E-state index contributed by atoms with van der Waals surface area (Å²) >= 11 is 0. The van der Waals surface area contributed by atoms with Crippen LogP contribution in [0.4, 0.5) is 87.8 Å². The molecule has 36 heavy (non-hydrogen) atoms. The van der Waals surface area contributed by atoms with Crippen molar-refractivity contribution in [3.63, 3.8) is 0 Å². The van der Waals surface area contributed by atoms with Crippen molar-refractivity contribution in [1.82, 2.24) is 0 Å². The lowest BCUT2D eigenvalue weighted by molar-refractivity contribution is -0.466. The van der Waals surface area contributed by atoms with E-state index in [1.807, 2.05) is 0 Å². The summed E-state index contributed by atoms with van der Waals surface area (Å²) in [6, 6.07) is 0. The normalized spacial score (nSPS) is 18.7. The zero-order valence-electron chi connectivity index (χ0n) is 16.1. The van der Waals surface area contributed by atoms with Crippen LogP contribution in [0, 0.1) is 0 Å². The molecule has 0 aliphatic heterocycles. The minimum absolute atomic E-state index is 0.407. The van der Waals surface area contributed by atoms with Gasteiger partial charge in [-0.15, -0.1) is 0 Å². The first-order valence-electron chi connectivity index (χ1n) is 7.93. The van der Waals surface area contributed by atoms with Crippen LogP contribution in [-0.2, 0) is 9.09 Å². The lowest BCUT2D eigenvalue weighted by atomic mass is 9.88. The smallest absolute Gasteiger partial charge is 0.324 e. The Morgan fingerprint density at radius 1 is 0.611 bits per heavy atom. The van der Waals surface area contributed by atoms with Gasteiger partial charge in [0, 0.05) is 6.16 Å². The van der Waals surface area contributed by atoms with Crippen LogP contribution in [0.2, 0.25) is 0 Å². The molecule has 0 saturated heterocycles. The Bertz CT molecular complexity index is 847. The molecule has 0 aromatic heterocycles. The quantitative estimate of drug-likeness (QED) is 0.200. The second kappa shape index (κ2) is 8.91. The maximum absolute atomic E-state index is 13.5. The van der Waals surface area contributed by atoms with Crippen molar-refractivity contribution >= 4 is 7.60 Å². The number of hydrogen-bond acceptors (Lipinski definition) is 2. The third kappa shape index (κ3) is 4.82. The van der Waals surface area contributed by atoms with Gasteiger partial charge in [-0.05, 0) is 0 Å². The van der Waals surface area contributed by atoms with Gasteiger partial charge in [-0.2, -0.15) is 83.4 Å². The van der Waals surface area contributed by atoms with Crippen LogP contribution in [0.5, 0.6) is 0 Å². The first-order valence-corrected chi connectivity index (χ1v) is 9.69. The molecular weight excluding hydrogens is 603 g/mol. The molecule has 3 nitrogen and oxygen atoms in total. The Kier molecular flexibility index (Phi) is 8.60. The molecule has 0 aliphatic rings. The van der Waals surface area contributed by atoms with E-state index in [2.05, 4.69) is 4.52 Å². The first kappa shape index (κ1) is 34.8. The van der Waals surface area contributed by atoms with E-state index in [9.17, 15) is 92.4 Å². The van der Waals surface area contributed by atoms with Crippen LogP contribution in [0.1, 0.15) is 6.92 Å². The largest absolute Gasteiger partial charge is 0.460 e. The lowest BCUT2D eigenvalue weighted by Crippen LogP contribution is -2.75. The van der Waals surface area contributed by atoms with Crippen LogP contribution >= 0.6 is 7.60 Å². The second-order valence-electron chi connectivity index (χ2n) is 6.54. The van der Waals surface area contributed by atoms with Gasteiger partial charge in [-0.3, -0.25) is 4.57 Å². The molecule has 0 heterocycles. The molecule has 2 unspecified atom stereocenters. The summed E-state index contributed by atoms with van der Waals surface area (Å²) in [6.45, 7) is 0.407. The maximum Gasteiger partial charge on any atom is 0.460 e. The highest BCUT2D eigenvalue weighted by Gasteiger charge is 2.96. The highest BCUT2D eigenvalue weighted by atomic mass is 31.2. The fraction of sp³-hybridized carbons (Fsp3) is 1.00. The van der Waals surface area contributed by atoms with Crippen molar-refractivity contribution in [2.45, 2.75) is 66.8 Å². The zero-order valence-corrected chi connectivity index (χ0v) is 16.9. The molecule has 0 rings (SSSR count). The van der Waals surface area contributed by atoms with E-state index < -0.39 is 73.7 Å². The van der Waals surface area contributed by atoms with Crippen molar-refractivity contribution in [1.29, 1.82) is 0 Å². The van der Waals surface area contributed by atoms with Gasteiger partial charge in [0.1, 0.15) is 0 Å². The third-order valence-corrected chi connectivity index (χ3v) is 5.35. The van der Waals surface area contributed by atoms with Gasteiger partial charge in [0.15, 0.2) is 0 Å². The summed E-state index contributed by atoms with van der Waals surface area (Å²) in [4.78, 5) is 8.64. The van der Waals surface area contributed by atoms with Gasteiger partial charge in [0.05, 0.1) is 0 Å². The highest BCUT2D eigenvalue weighted by Crippen LogP contribution is 2.65. The van der Waals surface area contributed by atoms with Crippen molar-refractivity contribution in [3.8, 4) is 0 Å². The van der Waals surface area contributed by atoms with Crippen molar-refractivity contribution in [2.75, 3.05) is 6.16 Å². The average molecular weight is 610 g/mol. The SMILES string of the molecule is CCP(=O)(O)OC(F)(F)C(F)C(F)(F)C(F)(F)C(F)(F)C(F)(F)C(F)(F)C(F)(F)C(F)(F)C(F)(F)F. The predicted octanol–water partition coefficient (Wildman–Crippen LogP) is 7.15. The molecule has 24 heteroatoms. The molecule has 0 radical (unpaired) electrons. The zero-order chi connectivity index (χ0) is 30.0. The third-order valence-electron chi connectivity index (χ3n) is 4.02. The van der Waals surface area contributed by atoms with E-state index in [0.29, 0.717) is 6.92 Å². The van der Waals surface area contributed by atoms with Gasteiger partial charge in [-0.25, -0.2) is 8.91 Å². The summed E-state index contributed by atoms with van der Waals surface area (Å²) in [6.07, 6.45) is -22.8. The topological polar surface area (TPSA) is 46.5 Å². The molecule has 0 aliphatic carbocycles. The predicted molar refractivity (Wildman–Crippen MR) is 72.0 cm³/mol. The van der Waals surface area contributed by atoms with Gasteiger partial charge in [0.2, 0.25) is 0 Å². The van der Waals surface area contributed by atoms with E-state index in [1.54, 1.807) is 0 Å². The Hall–Kier alpha value is -1.25. The van der Waals surface area contributed by atoms with E-state index >= 15 is 0 Å². The van der Waals surface area contributed by atoms with Crippen LogP contribution < -0.4 is 0 Å². The van der Waals surface area contributed by atoms with Gasteiger partial charge in [0.25, 0.3) is 6.17 Å². The Labute approximate surface area is 183 Å². The molecule has 0 aromatic carbocycles. The van der Waals surface area contributed by atoms with Crippen LogP contribution in [0.3, 0.4) is 0 Å². The molecule has 2 atom stereocenters. The van der Waals surface area contributed by atoms with Crippen molar-refractivity contribution < 1.29 is 102 Å². The fourth-order valence-corrected chi connectivity index (χ4v) is 2.45. The molecule has 0 amide bonds. The molecule has 0 saturated carbocycles. The average Bonchev–Trinajstić information content (AvgIpc) is 2.64.